The van der Waals surface area contributed by atoms with Gasteiger partial charge in [-0.25, -0.2) is 9.97 Å². The van der Waals surface area contributed by atoms with Gasteiger partial charge in [0, 0.05) is 6.42 Å². The van der Waals surface area contributed by atoms with Gasteiger partial charge in [0.1, 0.15) is 23.8 Å². The Morgan fingerprint density at radius 1 is 1.18 bits per heavy atom. The van der Waals surface area contributed by atoms with E-state index in [1.165, 1.54) is 0 Å². The number of aromatic nitrogens is 2. The van der Waals surface area contributed by atoms with Crippen molar-refractivity contribution in [2.45, 2.75) is 66.1 Å². The average Bonchev–Trinajstić information content (AvgIpc) is 2.81. The maximum absolute atomic E-state index is 13.3. The lowest BCUT2D eigenvalue weighted by atomic mass is 9.94. The van der Waals surface area contributed by atoms with Gasteiger partial charge < -0.3 is 20.1 Å². The standard InChI is InChI=1S/C27H38N4O3/c1-6-22(34-27(3,4)5)17-29-26(32)24-25(33-18-21-10-8-7-9-11-21)19(2)30-23(31-24)16-20-12-14-28-15-13-20/h6-11,20,28H,12-18H2,1-5H3,(H,29,32). The second kappa shape index (κ2) is 12.0. The van der Waals surface area contributed by atoms with Crippen molar-refractivity contribution in [3.05, 3.63) is 64.9 Å². The van der Waals surface area contributed by atoms with Crippen LogP contribution < -0.4 is 15.4 Å². The zero-order valence-electron chi connectivity index (χ0n) is 21.1. The average molecular weight is 467 g/mol. The van der Waals surface area contributed by atoms with Crippen LogP contribution in [-0.4, -0.2) is 41.1 Å². The predicted octanol–water partition coefficient (Wildman–Crippen LogP) is 4.35. The van der Waals surface area contributed by atoms with Crippen molar-refractivity contribution in [1.29, 1.82) is 0 Å². The van der Waals surface area contributed by atoms with Gasteiger partial charge in [-0.05, 0) is 78.1 Å². The van der Waals surface area contributed by atoms with Crippen LogP contribution in [0.4, 0.5) is 0 Å². The number of allylic oxidation sites excluding steroid dienone is 1. The molecule has 184 valence electrons. The number of piperidine rings is 1. The van der Waals surface area contributed by atoms with Crippen molar-refractivity contribution in [1.82, 2.24) is 20.6 Å². The first-order valence-corrected chi connectivity index (χ1v) is 12.1. The highest BCUT2D eigenvalue weighted by atomic mass is 16.5. The zero-order chi connectivity index (χ0) is 24.6. The summed E-state index contributed by atoms with van der Waals surface area (Å²) in [6.45, 7) is 12.4. The molecule has 2 aromatic rings. The van der Waals surface area contributed by atoms with E-state index in [1.807, 2.05) is 71.0 Å². The van der Waals surface area contributed by atoms with Crippen molar-refractivity contribution in [2.24, 2.45) is 5.92 Å². The molecule has 0 aliphatic carbocycles. The molecule has 7 nitrogen and oxygen atoms in total. The van der Waals surface area contributed by atoms with E-state index >= 15 is 0 Å². The number of nitrogens with one attached hydrogen (secondary N) is 2. The van der Waals surface area contributed by atoms with Gasteiger partial charge in [0.15, 0.2) is 11.4 Å². The number of ether oxygens (including phenoxy) is 2. The molecular weight excluding hydrogens is 428 g/mol. The minimum absolute atomic E-state index is 0.275. The fourth-order valence-electron chi connectivity index (χ4n) is 3.95. The van der Waals surface area contributed by atoms with Gasteiger partial charge in [0.25, 0.3) is 5.91 Å². The van der Waals surface area contributed by atoms with Gasteiger partial charge in [-0.3, -0.25) is 4.79 Å². The van der Waals surface area contributed by atoms with E-state index in [1.54, 1.807) is 0 Å². The minimum Gasteiger partial charge on any atom is -0.491 e. The van der Waals surface area contributed by atoms with Gasteiger partial charge in [-0.2, -0.15) is 0 Å². The molecule has 1 aliphatic rings. The second-order valence-electron chi connectivity index (χ2n) is 9.73. The van der Waals surface area contributed by atoms with Crippen LogP contribution >= 0.6 is 0 Å². The largest absolute Gasteiger partial charge is 0.491 e. The van der Waals surface area contributed by atoms with Crippen molar-refractivity contribution in [3.63, 3.8) is 0 Å². The molecule has 0 saturated carbocycles. The number of carbonyl (C=O) groups is 1. The van der Waals surface area contributed by atoms with Crippen molar-refractivity contribution in [2.75, 3.05) is 19.6 Å². The van der Waals surface area contributed by atoms with Crippen LogP contribution in [0.1, 0.15) is 68.1 Å². The molecular formula is C27H38N4O3. The molecule has 1 aromatic heterocycles. The van der Waals surface area contributed by atoms with Crippen LogP contribution in [0.15, 0.2) is 42.2 Å². The number of benzene rings is 1. The van der Waals surface area contributed by atoms with Crippen LogP contribution in [0.5, 0.6) is 5.75 Å². The number of amides is 1. The molecule has 1 amide bonds. The molecule has 1 aromatic carbocycles. The topological polar surface area (TPSA) is 85.4 Å². The molecule has 0 bridgehead atoms. The van der Waals surface area contributed by atoms with Crippen LogP contribution in [0.2, 0.25) is 0 Å². The Kier molecular flexibility index (Phi) is 9.05. The summed E-state index contributed by atoms with van der Waals surface area (Å²) < 4.78 is 12.0. The minimum atomic E-state index is -0.343. The lowest BCUT2D eigenvalue weighted by molar-refractivity contribution is 0.0477. The summed E-state index contributed by atoms with van der Waals surface area (Å²) >= 11 is 0. The van der Waals surface area contributed by atoms with Crippen molar-refractivity contribution >= 4 is 5.91 Å². The third kappa shape index (κ3) is 7.83. The maximum atomic E-state index is 13.3. The van der Waals surface area contributed by atoms with Crippen LogP contribution in [0, 0.1) is 12.8 Å². The fraction of sp³-hybridized carbons (Fsp3) is 0.519. The summed E-state index contributed by atoms with van der Waals surface area (Å²) in [4.78, 5) is 22.7. The Labute approximate surface area is 203 Å². The highest BCUT2D eigenvalue weighted by Gasteiger charge is 2.23. The molecule has 1 aliphatic heterocycles. The van der Waals surface area contributed by atoms with Crippen LogP contribution in [0.25, 0.3) is 0 Å². The Hall–Kier alpha value is -2.93. The van der Waals surface area contributed by atoms with E-state index in [-0.39, 0.29) is 23.7 Å². The summed E-state index contributed by atoms with van der Waals surface area (Å²) in [6.07, 6.45) is 4.80. The number of nitrogens with zero attached hydrogens (tertiary/aromatic N) is 2. The van der Waals surface area contributed by atoms with Gasteiger partial charge in [0.2, 0.25) is 0 Å². The van der Waals surface area contributed by atoms with Crippen LogP contribution in [-0.2, 0) is 17.8 Å². The molecule has 7 heteroatoms. The first-order valence-electron chi connectivity index (χ1n) is 12.1. The number of carbonyl (C=O) groups excluding carboxylic acids is 1. The molecule has 1 fully saturated rings. The van der Waals surface area contributed by atoms with E-state index in [4.69, 9.17) is 14.5 Å². The van der Waals surface area contributed by atoms with E-state index in [0.29, 0.717) is 35.6 Å². The number of aryl methyl sites for hydroxylation is 1. The van der Waals surface area contributed by atoms with E-state index in [2.05, 4.69) is 15.6 Å². The van der Waals surface area contributed by atoms with Gasteiger partial charge >= 0.3 is 0 Å². The molecule has 34 heavy (non-hydrogen) atoms. The predicted molar refractivity (Wildman–Crippen MR) is 134 cm³/mol. The second-order valence-corrected chi connectivity index (χ2v) is 9.73. The molecule has 2 N–H and O–H groups in total. The summed E-state index contributed by atoms with van der Waals surface area (Å²) in [5, 5.41) is 6.35. The third-order valence-corrected chi connectivity index (χ3v) is 5.63. The van der Waals surface area contributed by atoms with E-state index in [9.17, 15) is 4.79 Å². The molecule has 1 saturated heterocycles. The Bertz CT molecular complexity index is 977. The van der Waals surface area contributed by atoms with Crippen LogP contribution in [0.3, 0.4) is 0 Å². The monoisotopic (exact) mass is 466 g/mol. The number of hydrogen-bond acceptors (Lipinski definition) is 6. The zero-order valence-corrected chi connectivity index (χ0v) is 21.1. The first kappa shape index (κ1) is 25.7. The third-order valence-electron chi connectivity index (χ3n) is 5.63. The summed E-state index contributed by atoms with van der Waals surface area (Å²) in [5.41, 5.74) is 1.63. The lowest BCUT2D eigenvalue weighted by Crippen LogP contribution is -2.31. The van der Waals surface area contributed by atoms with Gasteiger partial charge in [-0.15, -0.1) is 0 Å². The highest BCUT2D eigenvalue weighted by molar-refractivity contribution is 5.95. The Morgan fingerprint density at radius 2 is 1.88 bits per heavy atom. The van der Waals surface area contributed by atoms with Crippen molar-refractivity contribution < 1.29 is 14.3 Å². The fourth-order valence-corrected chi connectivity index (χ4v) is 3.95. The highest BCUT2D eigenvalue weighted by Crippen LogP contribution is 2.25. The molecule has 3 rings (SSSR count). The molecule has 0 unspecified atom stereocenters. The Balaban J connectivity index is 1.81. The molecule has 0 radical (unpaired) electrons. The molecule has 2 heterocycles. The van der Waals surface area contributed by atoms with E-state index < -0.39 is 0 Å². The molecule has 0 atom stereocenters. The Morgan fingerprint density at radius 3 is 2.53 bits per heavy atom. The number of hydrogen-bond donors (Lipinski definition) is 2. The SMILES string of the molecule is CC=C(CNC(=O)c1nc(CC2CCNCC2)nc(C)c1OCc1ccccc1)OC(C)(C)C. The van der Waals surface area contributed by atoms with Crippen molar-refractivity contribution in [3.8, 4) is 5.75 Å². The number of rotatable bonds is 9. The summed E-state index contributed by atoms with van der Waals surface area (Å²) in [5.74, 6) is 2.04. The first-order chi connectivity index (χ1) is 16.2. The summed E-state index contributed by atoms with van der Waals surface area (Å²) in [7, 11) is 0. The van der Waals surface area contributed by atoms with Gasteiger partial charge in [-0.1, -0.05) is 30.3 Å². The van der Waals surface area contributed by atoms with E-state index in [0.717, 1.165) is 37.9 Å². The maximum Gasteiger partial charge on any atom is 0.274 e. The quantitative estimate of drug-likeness (QED) is 0.534. The smallest absolute Gasteiger partial charge is 0.274 e. The lowest BCUT2D eigenvalue weighted by Gasteiger charge is -2.24. The normalized spacial score (nSPS) is 15.1. The van der Waals surface area contributed by atoms with Gasteiger partial charge in [0.05, 0.1) is 12.2 Å². The summed E-state index contributed by atoms with van der Waals surface area (Å²) in [6, 6.07) is 9.87. The molecule has 0 spiro atoms.